The number of carbonyl (C=O) groups is 2. The van der Waals surface area contributed by atoms with E-state index in [1.54, 1.807) is 4.90 Å². The molecule has 1 saturated heterocycles. The lowest BCUT2D eigenvalue weighted by molar-refractivity contribution is -0.143. The van der Waals surface area contributed by atoms with Gasteiger partial charge in [-0.15, -0.1) is 0 Å². The van der Waals surface area contributed by atoms with Gasteiger partial charge in [0.25, 0.3) is 0 Å². The molecule has 1 aliphatic carbocycles. The largest absolute Gasteiger partial charge is 0.342 e. The van der Waals surface area contributed by atoms with Gasteiger partial charge in [0.15, 0.2) is 0 Å². The molecule has 28 heavy (non-hydrogen) atoms. The van der Waals surface area contributed by atoms with Gasteiger partial charge in [-0.25, -0.2) is 4.98 Å². The molecule has 6 heteroatoms. The molecule has 1 aliphatic heterocycles. The van der Waals surface area contributed by atoms with Gasteiger partial charge in [0.1, 0.15) is 5.82 Å². The zero-order chi connectivity index (χ0) is 19.5. The van der Waals surface area contributed by atoms with Crippen molar-refractivity contribution in [2.75, 3.05) is 20.1 Å². The van der Waals surface area contributed by atoms with E-state index >= 15 is 0 Å². The van der Waals surface area contributed by atoms with Crippen molar-refractivity contribution in [3.05, 3.63) is 30.1 Å². The minimum atomic E-state index is -0.101. The summed E-state index contributed by atoms with van der Waals surface area (Å²) in [5.41, 5.74) is 1.90. The maximum absolute atomic E-state index is 13.0. The SMILES string of the molecule is CN(Cc1nc2ccccc2[nH]1)C(=O)[C@H]1CCC(=O)N(CC2CCCCC2)C1. The molecular formula is C22H30N4O2. The number of para-hydroxylation sites is 2. The molecule has 2 amide bonds. The van der Waals surface area contributed by atoms with Crippen LogP contribution in [0.4, 0.5) is 0 Å². The van der Waals surface area contributed by atoms with Crippen LogP contribution in [-0.2, 0) is 16.1 Å². The quantitative estimate of drug-likeness (QED) is 0.862. The first-order valence-corrected chi connectivity index (χ1v) is 10.6. The van der Waals surface area contributed by atoms with E-state index in [-0.39, 0.29) is 17.7 Å². The summed E-state index contributed by atoms with van der Waals surface area (Å²) in [5.74, 6) is 1.63. The van der Waals surface area contributed by atoms with Crippen molar-refractivity contribution in [3.63, 3.8) is 0 Å². The summed E-state index contributed by atoms with van der Waals surface area (Å²) in [6, 6.07) is 7.89. The summed E-state index contributed by atoms with van der Waals surface area (Å²) in [5, 5.41) is 0. The summed E-state index contributed by atoms with van der Waals surface area (Å²) in [4.78, 5) is 36.9. The van der Waals surface area contributed by atoms with Gasteiger partial charge >= 0.3 is 0 Å². The highest BCUT2D eigenvalue weighted by molar-refractivity contribution is 5.84. The van der Waals surface area contributed by atoms with Crippen LogP contribution in [0.15, 0.2) is 24.3 Å². The van der Waals surface area contributed by atoms with Gasteiger partial charge in [-0.3, -0.25) is 9.59 Å². The number of nitrogens with zero attached hydrogens (tertiary/aromatic N) is 3. The van der Waals surface area contributed by atoms with E-state index in [2.05, 4.69) is 9.97 Å². The minimum Gasteiger partial charge on any atom is -0.342 e. The van der Waals surface area contributed by atoms with Crippen molar-refractivity contribution >= 4 is 22.8 Å². The van der Waals surface area contributed by atoms with Gasteiger partial charge in [-0.2, -0.15) is 0 Å². The molecular weight excluding hydrogens is 352 g/mol. The maximum atomic E-state index is 13.0. The number of likely N-dealkylation sites (tertiary alicyclic amines) is 1. The first kappa shape index (κ1) is 19.0. The predicted molar refractivity (Wildman–Crippen MR) is 108 cm³/mol. The third-order valence-electron chi connectivity index (χ3n) is 6.25. The number of H-pyrrole nitrogens is 1. The van der Waals surface area contributed by atoms with Crippen molar-refractivity contribution < 1.29 is 9.59 Å². The number of aromatic amines is 1. The Hall–Kier alpha value is -2.37. The second kappa shape index (κ2) is 8.33. The topological polar surface area (TPSA) is 69.3 Å². The summed E-state index contributed by atoms with van der Waals surface area (Å²) in [6.45, 7) is 1.86. The fraction of sp³-hybridized carbons (Fsp3) is 0.591. The summed E-state index contributed by atoms with van der Waals surface area (Å²) < 4.78 is 0. The average Bonchev–Trinajstić information content (AvgIpc) is 3.12. The fourth-order valence-corrected chi connectivity index (χ4v) is 4.67. The molecule has 1 N–H and O–H groups in total. The number of carbonyl (C=O) groups excluding carboxylic acids is 2. The number of amides is 2. The van der Waals surface area contributed by atoms with Crippen molar-refractivity contribution in [1.82, 2.24) is 19.8 Å². The Morgan fingerprint density at radius 3 is 2.79 bits per heavy atom. The molecule has 2 heterocycles. The Morgan fingerprint density at radius 1 is 1.21 bits per heavy atom. The van der Waals surface area contributed by atoms with E-state index in [0.717, 1.165) is 23.4 Å². The zero-order valence-corrected chi connectivity index (χ0v) is 16.7. The molecule has 2 fully saturated rings. The van der Waals surface area contributed by atoms with Crippen LogP contribution in [0.3, 0.4) is 0 Å². The predicted octanol–water partition coefficient (Wildman–Crippen LogP) is 3.34. The monoisotopic (exact) mass is 382 g/mol. The van der Waals surface area contributed by atoms with E-state index in [0.29, 0.717) is 31.8 Å². The lowest BCUT2D eigenvalue weighted by Crippen LogP contribution is -2.47. The number of aromatic nitrogens is 2. The number of hydrogen-bond acceptors (Lipinski definition) is 3. The van der Waals surface area contributed by atoms with Crippen molar-refractivity contribution in [1.29, 1.82) is 0 Å². The summed E-state index contributed by atoms with van der Waals surface area (Å²) in [6.07, 6.45) is 7.44. The van der Waals surface area contributed by atoms with Crippen LogP contribution < -0.4 is 0 Å². The third-order valence-corrected chi connectivity index (χ3v) is 6.25. The van der Waals surface area contributed by atoms with Crippen molar-refractivity contribution in [3.8, 4) is 0 Å². The average molecular weight is 383 g/mol. The summed E-state index contributed by atoms with van der Waals surface area (Å²) in [7, 11) is 1.83. The van der Waals surface area contributed by atoms with Gasteiger partial charge in [-0.05, 0) is 37.3 Å². The molecule has 1 atom stereocenters. The molecule has 1 saturated carbocycles. The lowest BCUT2D eigenvalue weighted by atomic mass is 9.87. The van der Waals surface area contributed by atoms with Crippen LogP contribution in [0, 0.1) is 11.8 Å². The normalized spacial score (nSPS) is 21.2. The second-order valence-electron chi connectivity index (χ2n) is 8.43. The fourth-order valence-electron chi connectivity index (χ4n) is 4.67. The number of imidazole rings is 1. The van der Waals surface area contributed by atoms with Gasteiger partial charge in [-0.1, -0.05) is 31.4 Å². The molecule has 0 bridgehead atoms. The van der Waals surface area contributed by atoms with E-state index in [1.807, 2.05) is 36.2 Å². The molecule has 1 aromatic carbocycles. The first-order chi connectivity index (χ1) is 13.6. The number of hydrogen-bond donors (Lipinski definition) is 1. The molecule has 0 spiro atoms. The molecule has 0 unspecified atom stereocenters. The summed E-state index contributed by atoms with van der Waals surface area (Å²) >= 11 is 0. The Balaban J connectivity index is 1.36. The van der Waals surface area contributed by atoms with Crippen LogP contribution >= 0.6 is 0 Å². The van der Waals surface area contributed by atoms with Crippen molar-refractivity contribution in [2.24, 2.45) is 11.8 Å². The van der Waals surface area contributed by atoms with E-state index in [4.69, 9.17) is 0 Å². The van der Waals surface area contributed by atoms with Gasteiger partial charge < -0.3 is 14.8 Å². The highest BCUT2D eigenvalue weighted by Crippen LogP contribution is 2.27. The number of nitrogens with one attached hydrogen (secondary N) is 1. The van der Waals surface area contributed by atoms with Gasteiger partial charge in [0.05, 0.1) is 23.5 Å². The van der Waals surface area contributed by atoms with Crippen molar-refractivity contribution in [2.45, 2.75) is 51.5 Å². The Morgan fingerprint density at radius 2 is 2.00 bits per heavy atom. The molecule has 150 valence electrons. The van der Waals surface area contributed by atoms with Crippen LogP contribution in [0.5, 0.6) is 0 Å². The van der Waals surface area contributed by atoms with E-state index < -0.39 is 0 Å². The number of rotatable bonds is 5. The van der Waals surface area contributed by atoms with E-state index in [1.165, 1.54) is 32.1 Å². The first-order valence-electron chi connectivity index (χ1n) is 10.6. The molecule has 1 aromatic heterocycles. The molecule has 2 aliphatic rings. The Bertz CT molecular complexity index is 807. The third kappa shape index (κ3) is 4.21. The maximum Gasteiger partial charge on any atom is 0.227 e. The van der Waals surface area contributed by atoms with E-state index in [9.17, 15) is 9.59 Å². The molecule has 6 nitrogen and oxygen atoms in total. The van der Waals surface area contributed by atoms with Gasteiger partial charge in [0, 0.05) is 26.6 Å². The number of fused-ring (bicyclic) bond motifs is 1. The Labute approximate surface area is 166 Å². The minimum absolute atomic E-state index is 0.101. The number of piperidine rings is 1. The molecule has 0 radical (unpaired) electrons. The highest BCUT2D eigenvalue weighted by Gasteiger charge is 2.33. The van der Waals surface area contributed by atoms with Crippen LogP contribution in [0.2, 0.25) is 0 Å². The van der Waals surface area contributed by atoms with Gasteiger partial charge in [0.2, 0.25) is 11.8 Å². The highest BCUT2D eigenvalue weighted by atomic mass is 16.2. The molecule has 2 aromatic rings. The second-order valence-corrected chi connectivity index (χ2v) is 8.43. The number of benzene rings is 1. The zero-order valence-electron chi connectivity index (χ0n) is 16.7. The van der Waals surface area contributed by atoms with Crippen LogP contribution in [0.1, 0.15) is 50.8 Å². The molecule has 4 rings (SSSR count). The van der Waals surface area contributed by atoms with Crippen LogP contribution in [-0.4, -0.2) is 51.7 Å². The lowest BCUT2D eigenvalue weighted by Gasteiger charge is -2.36. The smallest absolute Gasteiger partial charge is 0.227 e. The standard InChI is InChI=1S/C22H30N4O2/c1-25(15-20-23-18-9-5-6-10-19(18)24-20)22(28)17-11-12-21(27)26(14-17)13-16-7-3-2-4-8-16/h5-6,9-10,16-17H,2-4,7-8,11-15H2,1H3,(H,23,24)/t17-/m0/s1. The Kier molecular flexibility index (Phi) is 5.64. The van der Waals surface area contributed by atoms with Crippen LogP contribution in [0.25, 0.3) is 11.0 Å².